The highest BCUT2D eigenvalue weighted by Gasteiger charge is 2.50. The minimum Gasteiger partial charge on any atom is -0.392 e. The first kappa shape index (κ1) is 17.5. The topological polar surface area (TPSA) is 81.6 Å². The fourth-order valence-electron chi connectivity index (χ4n) is 4.51. The number of anilines is 2. The van der Waals surface area contributed by atoms with Crippen molar-refractivity contribution in [3.8, 4) is 0 Å². The van der Waals surface area contributed by atoms with Crippen molar-refractivity contribution < 1.29 is 9.90 Å². The van der Waals surface area contributed by atoms with Gasteiger partial charge in [0.05, 0.1) is 11.5 Å². The first-order valence-corrected chi connectivity index (χ1v) is 9.96. The first-order valence-electron chi connectivity index (χ1n) is 9.96. The molecule has 0 radical (unpaired) electrons. The SMILES string of the molecule is CCc1cc(N2CC[C@H](O)[C@@]3(CCCNC3=O)C2)nc(N2CCCC2)n1. The Balaban J connectivity index is 1.64. The first-order chi connectivity index (χ1) is 12.6. The maximum absolute atomic E-state index is 12.6. The van der Waals surface area contributed by atoms with E-state index in [1.807, 2.05) is 6.07 Å². The van der Waals surface area contributed by atoms with E-state index in [9.17, 15) is 9.90 Å². The van der Waals surface area contributed by atoms with Crippen molar-refractivity contribution in [3.63, 3.8) is 0 Å². The Hall–Kier alpha value is -1.89. The van der Waals surface area contributed by atoms with E-state index in [4.69, 9.17) is 9.97 Å². The molecule has 1 amide bonds. The van der Waals surface area contributed by atoms with Gasteiger partial charge in [0.15, 0.2) is 0 Å². The van der Waals surface area contributed by atoms with Crippen molar-refractivity contribution in [2.75, 3.05) is 42.5 Å². The summed E-state index contributed by atoms with van der Waals surface area (Å²) in [6.07, 6.45) is 4.91. The highest BCUT2D eigenvalue weighted by atomic mass is 16.3. The molecule has 0 unspecified atom stereocenters. The number of carbonyl (C=O) groups excluding carboxylic acids is 1. The number of hydrogen-bond donors (Lipinski definition) is 2. The Morgan fingerprint density at radius 1 is 1.23 bits per heavy atom. The summed E-state index contributed by atoms with van der Waals surface area (Å²) in [7, 11) is 0. The minimum absolute atomic E-state index is 0.00881. The van der Waals surface area contributed by atoms with Crippen LogP contribution in [0.3, 0.4) is 0 Å². The van der Waals surface area contributed by atoms with E-state index in [0.717, 1.165) is 56.4 Å². The average Bonchev–Trinajstić information content (AvgIpc) is 3.20. The molecule has 0 saturated carbocycles. The average molecular weight is 359 g/mol. The van der Waals surface area contributed by atoms with Crippen molar-refractivity contribution in [3.05, 3.63) is 11.8 Å². The Labute approximate surface area is 154 Å². The summed E-state index contributed by atoms with van der Waals surface area (Å²) in [5.41, 5.74) is 0.326. The smallest absolute Gasteiger partial charge is 0.230 e. The Morgan fingerprint density at radius 2 is 2.04 bits per heavy atom. The highest BCUT2D eigenvalue weighted by Crippen LogP contribution is 2.38. The molecule has 2 atom stereocenters. The zero-order chi connectivity index (χ0) is 18.1. The van der Waals surface area contributed by atoms with Crippen LogP contribution in [0.1, 0.15) is 44.7 Å². The van der Waals surface area contributed by atoms with E-state index >= 15 is 0 Å². The summed E-state index contributed by atoms with van der Waals surface area (Å²) in [6.45, 7) is 6.08. The molecule has 0 aliphatic carbocycles. The van der Waals surface area contributed by atoms with Crippen molar-refractivity contribution in [1.82, 2.24) is 15.3 Å². The Bertz CT molecular complexity index is 676. The molecule has 3 saturated heterocycles. The maximum atomic E-state index is 12.6. The van der Waals surface area contributed by atoms with Crippen molar-refractivity contribution in [2.24, 2.45) is 5.41 Å². The van der Waals surface area contributed by atoms with Gasteiger partial charge in [-0.2, -0.15) is 4.98 Å². The van der Waals surface area contributed by atoms with Gasteiger partial charge in [-0.25, -0.2) is 4.98 Å². The predicted molar refractivity (Wildman–Crippen MR) is 100 cm³/mol. The van der Waals surface area contributed by atoms with Crippen LogP contribution in [0, 0.1) is 5.41 Å². The van der Waals surface area contributed by atoms with Gasteiger partial charge < -0.3 is 20.2 Å². The summed E-state index contributed by atoms with van der Waals surface area (Å²) < 4.78 is 0. The summed E-state index contributed by atoms with van der Waals surface area (Å²) >= 11 is 0. The molecule has 3 aliphatic rings. The number of aliphatic hydroxyl groups excluding tert-OH is 1. The van der Waals surface area contributed by atoms with Gasteiger partial charge in [0.1, 0.15) is 5.82 Å². The second-order valence-electron chi connectivity index (χ2n) is 7.81. The number of aryl methyl sites for hydroxylation is 1. The van der Waals surface area contributed by atoms with Crippen molar-refractivity contribution in [2.45, 2.75) is 51.6 Å². The van der Waals surface area contributed by atoms with E-state index in [1.165, 1.54) is 12.8 Å². The number of rotatable bonds is 3. The third kappa shape index (κ3) is 3.02. The summed E-state index contributed by atoms with van der Waals surface area (Å²) in [5, 5.41) is 13.6. The van der Waals surface area contributed by atoms with E-state index in [1.54, 1.807) is 0 Å². The molecule has 3 fully saturated rings. The number of nitrogens with zero attached hydrogens (tertiary/aromatic N) is 4. The number of amides is 1. The minimum atomic E-state index is -0.707. The van der Waals surface area contributed by atoms with Crippen LogP contribution in [-0.4, -0.2) is 59.8 Å². The van der Waals surface area contributed by atoms with Gasteiger partial charge in [-0.1, -0.05) is 6.92 Å². The van der Waals surface area contributed by atoms with Crippen LogP contribution in [0.15, 0.2) is 6.07 Å². The number of nitrogens with one attached hydrogen (secondary N) is 1. The molecule has 1 spiro atoms. The molecule has 142 valence electrons. The lowest BCUT2D eigenvalue weighted by Crippen LogP contribution is -2.61. The number of aliphatic hydroxyl groups is 1. The second-order valence-corrected chi connectivity index (χ2v) is 7.81. The maximum Gasteiger partial charge on any atom is 0.230 e. The Morgan fingerprint density at radius 3 is 2.77 bits per heavy atom. The Kier molecular flexibility index (Phi) is 4.73. The molecule has 0 aromatic carbocycles. The molecule has 0 bridgehead atoms. The van der Waals surface area contributed by atoms with Gasteiger partial charge in [0, 0.05) is 44.5 Å². The fourth-order valence-corrected chi connectivity index (χ4v) is 4.51. The van der Waals surface area contributed by atoms with E-state index < -0.39 is 11.5 Å². The van der Waals surface area contributed by atoms with Crippen molar-refractivity contribution in [1.29, 1.82) is 0 Å². The molecule has 26 heavy (non-hydrogen) atoms. The van der Waals surface area contributed by atoms with Crippen LogP contribution in [0.25, 0.3) is 0 Å². The molecular formula is C19H29N5O2. The molecule has 3 aliphatic heterocycles. The zero-order valence-electron chi connectivity index (χ0n) is 15.6. The van der Waals surface area contributed by atoms with Gasteiger partial charge in [0.25, 0.3) is 0 Å². The van der Waals surface area contributed by atoms with Gasteiger partial charge in [0.2, 0.25) is 11.9 Å². The lowest BCUT2D eigenvalue weighted by molar-refractivity contribution is -0.142. The van der Waals surface area contributed by atoms with Gasteiger partial charge >= 0.3 is 0 Å². The van der Waals surface area contributed by atoms with Gasteiger partial charge in [-0.15, -0.1) is 0 Å². The lowest BCUT2D eigenvalue weighted by Gasteiger charge is -2.47. The van der Waals surface area contributed by atoms with Crippen LogP contribution in [0.5, 0.6) is 0 Å². The van der Waals surface area contributed by atoms with Crippen LogP contribution in [0.2, 0.25) is 0 Å². The number of hydrogen-bond acceptors (Lipinski definition) is 6. The van der Waals surface area contributed by atoms with Gasteiger partial charge in [-0.3, -0.25) is 4.79 Å². The quantitative estimate of drug-likeness (QED) is 0.841. The van der Waals surface area contributed by atoms with E-state index in [2.05, 4.69) is 22.0 Å². The third-order valence-electron chi connectivity index (χ3n) is 6.15. The molecule has 4 rings (SSSR count). The van der Waals surface area contributed by atoms with E-state index in [0.29, 0.717) is 19.5 Å². The highest BCUT2D eigenvalue weighted by molar-refractivity contribution is 5.85. The van der Waals surface area contributed by atoms with Crippen LogP contribution in [-0.2, 0) is 11.2 Å². The molecule has 4 heterocycles. The zero-order valence-corrected chi connectivity index (χ0v) is 15.6. The summed E-state index contributed by atoms with van der Waals surface area (Å²) in [6, 6.07) is 2.05. The third-order valence-corrected chi connectivity index (χ3v) is 6.15. The predicted octanol–water partition coefficient (Wildman–Crippen LogP) is 1.11. The summed E-state index contributed by atoms with van der Waals surface area (Å²) in [5.74, 6) is 1.69. The molecule has 1 aromatic heterocycles. The van der Waals surface area contributed by atoms with E-state index in [-0.39, 0.29) is 5.91 Å². The number of aromatic nitrogens is 2. The molecule has 7 heteroatoms. The van der Waals surface area contributed by atoms with Crippen LogP contribution >= 0.6 is 0 Å². The second kappa shape index (κ2) is 7.02. The lowest BCUT2D eigenvalue weighted by atomic mass is 9.71. The largest absolute Gasteiger partial charge is 0.392 e. The monoisotopic (exact) mass is 359 g/mol. The summed E-state index contributed by atoms with van der Waals surface area (Å²) in [4.78, 5) is 26.6. The standard InChI is InChI=1S/C19H29N5O2/c1-2-14-12-16(22-18(21-14)23-9-3-4-10-23)24-11-6-15(25)19(13-24)7-5-8-20-17(19)26/h12,15,25H,2-11,13H2,1H3,(H,20,26)/t15-,19+/m0/s1. The molecule has 2 N–H and O–H groups in total. The normalized spacial score (nSPS) is 29.3. The van der Waals surface area contributed by atoms with Crippen LogP contribution in [0.4, 0.5) is 11.8 Å². The molecule has 7 nitrogen and oxygen atoms in total. The van der Waals surface area contributed by atoms with Crippen molar-refractivity contribution >= 4 is 17.7 Å². The molecular weight excluding hydrogens is 330 g/mol. The molecule has 1 aromatic rings. The fraction of sp³-hybridized carbons (Fsp3) is 0.737. The number of carbonyl (C=O) groups is 1. The van der Waals surface area contributed by atoms with Gasteiger partial charge in [-0.05, 0) is 38.5 Å². The van der Waals surface area contributed by atoms with Crippen LogP contribution < -0.4 is 15.1 Å². The number of piperidine rings is 2.